The lowest BCUT2D eigenvalue weighted by molar-refractivity contribution is 0.104. The molecule has 3 rings (SSSR count). The number of rotatable bonds is 2. The van der Waals surface area contributed by atoms with Crippen LogP contribution in [-0.2, 0) is 6.54 Å². The Morgan fingerprint density at radius 1 is 1.24 bits per heavy atom. The first-order valence-electron chi connectivity index (χ1n) is 7.01. The molecule has 1 aliphatic rings. The summed E-state index contributed by atoms with van der Waals surface area (Å²) in [7, 11) is 0. The van der Waals surface area contributed by atoms with Crippen LogP contribution >= 0.6 is 11.6 Å². The Morgan fingerprint density at radius 3 is 2.81 bits per heavy atom. The Hall–Kier alpha value is -1.87. The molecule has 0 atom stereocenters. The Morgan fingerprint density at radius 2 is 2.05 bits per heavy atom. The maximum absolute atomic E-state index is 6.08. The zero-order valence-corrected chi connectivity index (χ0v) is 13.0. The van der Waals surface area contributed by atoms with Crippen LogP contribution in [0.5, 0.6) is 5.75 Å². The lowest BCUT2D eigenvalue weighted by atomic mass is 10.0. The Kier molecular flexibility index (Phi) is 3.46. The third kappa shape index (κ3) is 3.08. The number of hydrogen-bond acceptors (Lipinski definition) is 3. The predicted molar refractivity (Wildman–Crippen MR) is 88.1 cm³/mol. The molecule has 0 spiro atoms. The first-order chi connectivity index (χ1) is 9.93. The van der Waals surface area contributed by atoms with Gasteiger partial charge in [-0.1, -0.05) is 23.7 Å². The maximum atomic E-state index is 6.08. The number of halogens is 1. The van der Waals surface area contributed by atoms with Gasteiger partial charge in [0, 0.05) is 17.3 Å². The van der Waals surface area contributed by atoms with Gasteiger partial charge >= 0.3 is 0 Å². The van der Waals surface area contributed by atoms with E-state index in [9.17, 15) is 0 Å². The summed E-state index contributed by atoms with van der Waals surface area (Å²) in [4.78, 5) is 2.29. The zero-order chi connectivity index (χ0) is 15.0. The monoisotopic (exact) mass is 302 g/mol. The maximum Gasteiger partial charge on any atom is 0.143 e. The van der Waals surface area contributed by atoms with Crippen LogP contribution in [0, 0.1) is 0 Å². The summed E-state index contributed by atoms with van der Waals surface area (Å²) < 4.78 is 6.04. The molecule has 110 valence electrons. The smallest absolute Gasteiger partial charge is 0.143 e. The van der Waals surface area contributed by atoms with Crippen LogP contribution in [0.25, 0.3) is 0 Å². The van der Waals surface area contributed by atoms with Crippen molar-refractivity contribution in [2.75, 3.05) is 17.2 Å². The summed E-state index contributed by atoms with van der Waals surface area (Å²) in [6.07, 6.45) is 0. The van der Waals surface area contributed by atoms with Crippen molar-refractivity contribution in [3.8, 4) is 5.75 Å². The second kappa shape index (κ2) is 5.15. The van der Waals surface area contributed by atoms with E-state index in [1.54, 1.807) is 0 Å². The van der Waals surface area contributed by atoms with Crippen molar-refractivity contribution in [1.82, 2.24) is 0 Å². The molecular formula is C17H19ClN2O. The van der Waals surface area contributed by atoms with E-state index >= 15 is 0 Å². The third-order valence-electron chi connectivity index (χ3n) is 3.54. The number of nitrogens with zero attached hydrogens (tertiary/aromatic N) is 1. The molecule has 1 heterocycles. The van der Waals surface area contributed by atoms with Gasteiger partial charge in [-0.25, -0.2) is 0 Å². The van der Waals surface area contributed by atoms with Crippen LogP contribution in [0.15, 0.2) is 42.5 Å². The fourth-order valence-corrected chi connectivity index (χ4v) is 2.95. The van der Waals surface area contributed by atoms with E-state index in [-0.39, 0.29) is 5.60 Å². The van der Waals surface area contributed by atoms with E-state index in [1.165, 1.54) is 5.56 Å². The lowest BCUT2D eigenvalue weighted by Gasteiger charge is -2.41. The summed E-state index contributed by atoms with van der Waals surface area (Å²) in [6, 6.07) is 13.7. The van der Waals surface area contributed by atoms with E-state index in [4.69, 9.17) is 22.1 Å². The second-order valence-corrected chi connectivity index (χ2v) is 6.51. The highest BCUT2D eigenvalue weighted by Crippen LogP contribution is 2.39. The molecule has 0 radical (unpaired) electrons. The van der Waals surface area contributed by atoms with Crippen molar-refractivity contribution in [1.29, 1.82) is 0 Å². The van der Waals surface area contributed by atoms with Crippen LogP contribution in [0.1, 0.15) is 19.4 Å². The van der Waals surface area contributed by atoms with Crippen LogP contribution < -0.4 is 15.4 Å². The number of anilines is 2. The van der Waals surface area contributed by atoms with Gasteiger partial charge in [0.05, 0.1) is 12.2 Å². The minimum absolute atomic E-state index is 0.234. The van der Waals surface area contributed by atoms with Crippen molar-refractivity contribution in [3.63, 3.8) is 0 Å². The standard InChI is InChI=1S/C17H19ClN2O/c1-17(2)11-20(10-12-4-3-5-13(18)8-12)15-9-14(19)6-7-16(15)21-17/h3-9H,10-11,19H2,1-2H3. The van der Waals surface area contributed by atoms with E-state index < -0.39 is 0 Å². The molecule has 0 bridgehead atoms. The van der Waals surface area contributed by atoms with Gasteiger partial charge in [-0.2, -0.15) is 0 Å². The van der Waals surface area contributed by atoms with Gasteiger partial charge < -0.3 is 15.4 Å². The number of fused-ring (bicyclic) bond motifs is 1. The van der Waals surface area contributed by atoms with Gasteiger partial charge in [0.15, 0.2) is 0 Å². The molecule has 21 heavy (non-hydrogen) atoms. The van der Waals surface area contributed by atoms with E-state index in [1.807, 2.05) is 36.4 Å². The number of ether oxygens (including phenoxy) is 1. The lowest BCUT2D eigenvalue weighted by Crippen LogP contribution is -2.46. The predicted octanol–water partition coefficient (Wildman–Crippen LogP) is 4.10. The molecule has 0 fully saturated rings. The molecule has 0 saturated heterocycles. The normalized spacial score (nSPS) is 16.2. The molecule has 2 aromatic carbocycles. The Bertz CT molecular complexity index is 670. The summed E-state index contributed by atoms with van der Waals surface area (Å²) >= 11 is 6.08. The highest BCUT2D eigenvalue weighted by Gasteiger charge is 2.31. The molecule has 0 unspecified atom stereocenters. The molecule has 3 nitrogen and oxygen atoms in total. The first-order valence-corrected chi connectivity index (χ1v) is 7.39. The van der Waals surface area contributed by atoms with Gasteiger partial charge in [-0.3, -0.25) is 0 Å². The molecule has 0 aromatic heterocycles. The fourth-order valence-electron chi connectivity index (χ4n) is 2.74. The van der Waals surface area contributed by atoms with Gasteiger partial charge in [0.25, 0.3) is 0 Å². The minimum Gasteiger partial charge on any atom is -0.484 e. The van der Waals surface area contributed by atoms with Crippen molar-refractivity contribution in [3.05, 3.63) is 53.1 Å². The van der Waals surface area contributed by atoms with Crippen molar-refractivity contribution in [2.24, 2.45) is 0 Å². The summed E-state index contributed by atoms with van der Waals surface area (Å²) in [5.74, 6) is 0.877. The van der Waals surface area contributed by atoms with Gasteiger partial charge in [0.1, 0.15) is 11.4 Å². The average molecular weight is 303 g/mol. The molecule has 2 N–H and O–H groups in total. The van der Waals surface area contributed by atoms with Crippen LogP contribution in [0.2, 0.25) is 5.02 Å². The number of benzene rings is 2. The van der Waals surface area contributed by atoms with Gasteiger partial charge in [-0.05, 0) is 49.7 Å². The van der Waals surface area contributed by atoms with E-state index in [2.05, 4.69) is 24.8 Å². The summed E-state index contributed by atoms with van der Waals surface area (Å²) in [5, 5.41) is 0.757. The molecular weight excluding hydrogens is 284 g/mol. The zero-order valence-electron chi connectivity index (χ0n) is 12.3. The second-order valence-electron chi connectivity index (χ2n) is 6.07. The topological polar surface area (TPSA) is 38.5 Å². The van der Waals surface area contributed by atoms with E-state index in [0.29, 0.717) is 0 Å². The molecule has 4 heteroatoms. The number of nitrogen functional groups attached to an aromatic ring is 1. The SMILES string of the molecule is CC1(C)CN(Cc2cccc(Cl)c2)c2cc(N)ccc2O1. The number of nitrogens with two attached hydrogens (primary N) is 1. The van der Waals surface area contributed by atoms with Crippen LogP contribution in [0.3, 0.4) is 0 Å². The van der Waals surface area contributed by atoms with Gasteiger partial charge in [0.2, 0.25) is 0 Å². The molecule has 0 aliphatic carbocycles. The van der Waals surface area contributed by atoms with E-state index in [0.717, 1.165) is 35.2 Å². The molecule has 2 aromatic rings. The van der Waals surface area contributed by atoms with Crippen LogP contribution in [0.4, 0.5) is 11.4 Å². The van der Waals surface area contributed by atoms with Gasteiger partial charge in [-0.15, -0.1) is 0 Å². The van der Waals surface area contributed by atoms with Crippen molar-refractivity contribution in [2.45, 2.75) is 26.0 Å². The highest BCUT2D eigenvalue weighted by molar-refractivity contribution is 6.30. The molecule has 0 amide bonds. The highest BCUT2D eigenvalue weighted by atomic mass is 35.5. The quantitative estimate of drug-likeness (QED) is 0.849. The van der Waals surface area contributed by atoms with Crippen molar-refractivity contribution >= 4 is 23.0 Å². The van der Waals surface area contributed by atoms with Crippen LogP contribution in [-0.4, -0.2) is 12.1 Å². The summed E-state index contributed by atoms with van der Waals surface area (Å²) in [5.41, 5.74) is 8.65. The third-order valence-corrected chi connectivity index (χ3v) is 3.78. The fraction of sp³-hybridized carbons (Fsp3) is 0.294. The average Bonchev–Trinajstić information content (AvgIpc) is 2.39. The summed E-state index contributed by atoms with van der Waals surface area (Å²) in [6.45, 7) is 5.77. The molecule has 1 aliphatic heterocycles. The van der Waals surface area contributed by atoms with Crippen molar-refractivity contribution < 1.29 is 4.74 Å². The number of hydrogen-bond donors (Lipinski definition) is 1. The first kappa shape index (κ1) is 14.1. The largest absolute Gasteiger partial charge is 0.484 e. The molecule has 0 saturated carbocycles. The Balaban J connectivity index is 1.96. The Labute approximate surface area is 130 Å². The minimum atomic E-state index is -0.234.